The first-order valence-corrected chi connectivity index (χ1v) is 9.96. The van der Waals surface area contributed by atoms with Crippen molar-refractivity contribution in [3.63, 3.8) is 0 Å². The molecule has 2 aromatic carbocycles. The SMILES string of the molecule is O=C(Nc1ccccc1SCc1cc(Cl)cc2c1OCOC2)C(Cl)(Cl)Cl. The highest BCUT2D eigenvalue weighted by Crippen LogP contribution is 2.38. The molecule has 0 fully saturated rings. The molecule has 1 aliphatic heterocycles. The molecule has 1 aliphatic rings. The van der Waals surface area contributed by atoms with Gasteiger partial charge in [-0.15, -0.1) is 11.8 Å². The van der Waals surface area contributed by atoms with Crippen molar-refractivity contribution in [2.75, 3.05) is 12.1 Å². The van der Waals surface area contributed by atoms with E-state index < -0.39 is 9.70 Å². The highest BCUT2D eigenvalue weighted by molar-refractivity contribution is 7.98. The highest BCUT2D eigenvalue weighted by atomic mass is 35.6. The Bertz CT molecular complexity index is 826. The molecule has 0 bridgehead atoms. The molecule has 0 saturated heterocycles. The van der Waals surface area contributed by atoms with Crippen molar-refractivity contribution in [1.82, 2.24) is 0 Å². The van der Waals surface area contributed by atoms with Gasteiger partial charge in [0, 0.05) is 26.8 Å². The number of ether oxygens (including phenoxy) is 2. The third-order valence-electron chi connectivity index (χ3n) is 3.53. The normalized spacial score (nSPS) is 13.7. The summed E-state index contributed by atoms with van der Waals surface area (Å²) in [6, 6.07) is 11.0. The third kappa shape index (κ3) is 4.91. The first-order chi connectivity index (χ1) is 12.3. The predicted octanol–water partition coefficient (Wildman–Crippen LogP) is 5.81. The molecule has 0 radical (unpaired) electrons. The smallest absolute Gasteiger partial charge is 0.276 e. The molecule has 0 unspecified atom stereocenters. The van der Waals surface area contributed by atoms with E-state index in [1.165, 1.54) is 11.8 Å². The van der Waals surface area contributed by atoms with E-state index >= 15 is 0 Å². The van der Waals surface area contributed by atoms with E-state index in [4.69, 9.17) is 55.9 Å². The van der Waals surface area contributed by atoms with Crippen LogP contribution in [-0.2, 0) is 21.9 Å². The van der Waals surface area contributed by atoms with Crippen molar-refractivity contribution in [2.24, 2.45) is 0 Å². The summed E-state index contributed by atoms with van der Waals surface area (Å²) in [5, 5.41) is 3.24. The van der Waals surface area contributed by atoms with Crippen molar-refractivity contribution in [1.29, 1.82) is 0 Å². The van der Waals surface area contributed by atoms with Crippen molar-refractivity contribution in [3.05, 3.63) is 52.5 Å². The van der Waals surface area contributed by atoms with Crippen molar-refractivity contribution >= 4 is 69.8 Å². The van der Waals surface area contributed by atoms with E-state index in [0.29, 0.717) is 23.1 Å². The van der Waals surface area contributed by atoms with Crippen LogP contribution in [0.4, 0.5) is 5.69 Å². The summed E-state index contributed by atoms with van der Waals surface area (Å²) in [6.45, 7) is 0.672. The fourth-order valence-electron chi connectivity index (χ4n) is 2.41. The van der Waals surface area contributed by atoms with Gasteiger partial charge in [0.2, 0.25) is 0 Å². The maximum absolute atomic E-state index is 11.9. The van der Waals surface area contributed by atoms with Crippen LogP contribution in [0.15, 0.2) is 41.3 Å². The van der Waals surface area contributed by atoms with Crippen LogP contribution < -0.4 is 10.1 Å². The summed E-state index contributed by atoms with van der Waals surface area (Å²) < 4.78 is 8.88. The number of thioether (sulfide) groups is 1. The van der Waals surface area contributed by atoms with Crippen LogP contribution in [0.25, 0.3) is 0 Å². The lowest BCUT2D eigenvalue weighted by Crippen LogP contribution is -2.27. The number of amides is 1. The van der Waals surface area contributed by atoms with Gasteiger partial charge in [0.05, 0.1) is 12.3 Å². The van der Waals surface area contributed by atoms with Crippen LogP contribution in [0.2, 0.25) is 5.02 Å². The van der Waals surface area contributed by atoms with E-state index in [1.807, 2.05) is 24.3 Å². The molecule has 1 N–H and O–H groups in total. The van der Waals surface area contributed by atoms with Gasteiger partial charge >= 0.3 is 0 Å². The molecule has 3 rings (SSSR count). The second kappa shape index (κ2) is 8.46. The lowest BCUT2D eigenvalue weighted by molar-refractivity contribution is -0.115. The number of carbonyl (C=O) groups excluding carboxylic acids is 1. The van der Waals surface area contributed by atoms with Crippen molar-refractivity contribution in [3.8, 4) is 5.75 Å². The van der Waals surface area contributed by atoms with E-state index in [0.717, 1.165) is 21.8 Å². The molecule has 9 heteroatoms. The number of para-hydroxylation sites is 1. The van der Waals surface area contributed by atoms with Gasteiger partial charge in [-0.2, -0.15) is 0 Å². The zero-order chi connectivity index (χ0) is 18.7. The van der Waals surface area contributed by atoms with Crippen molar-refractivity contribution in [2.45, 2.75) is 21.0 Å². The zero-order valence-electron chi connectivity index (χ0n) is 13.2. The average Bonchev–Trinajstić information content (AvgIpc) is 2.59. The van der Waals surface area contributed by atoms with Gasteiger partial charge in [-0.3, -0.25) is 4.79 Å². The Kier molecular flexibility index (Phi) is 6.49. The summed E-state index contributed by atoms with van der Waals surface area (Å²) in [7, 11) is 0. The number of rotatable bonds is 4. The highest BCUT2D eigenvalue weighted by Gasteiger charge is 2.31. The molecular weight excluding hydrogens is 440 g/mol. The minimum atomic E-state index is -2.03. The first kappa shape index (κ1) is 19.9. The van der Waals surface area contributed by atoms with Crippen LogP contribution in [0.3, 0.4) is 0 Å². The van der Waals surface area contributed by atoms with E-state index in [9.17, 15) is 4.79 Å². The molecule has 138 valence electrons. The Hall–Kier alpha value is -0.820. The van der Waals surface area contributed by atoms with E-state index in [1.54, 1.807) is 12.1 Å². The van der Waals surface area contributed by atoms with Gasteiger partial charge in [-0.05, 0) is 24.3 Å². The van der Waals surface area contributed by atoms with E-state index in [-0.39, 0.29) is 6.79 Å². The summed E-state index contributed by atoms with van der Waals surface area (Å²) in [5.41, 5.74) is 2.43. The number of alkyl halides is 3. The van der Waals surface area contributed by atoms with Crippen LogP contribution in [-0.4, -0.2) is 16.5 Å². The van der Waals surface area contributed by atoms with E-state index in [2.05, 4.69) is 5.32 Å². The van der Waals surface area contributed by atoms with Gasteiger partial charge in [0.15, 0.2) is 6.79 Å². The summed E-state index contributed by atoms with van der Waals surface area (Å²) in [4.78, 5) is 12.8. The fourth-order valence-corrected chi connectivity index (χ4v) is 3.79. The molecular formula is C17H13Cl4NO3S. The maximum Gasteiger partial charge on any atom is 0.276 e. The second-order valence-electron chi connectivity index (χ2n) is 5.40. The quantitative estimate of drug-likeness (QED) is 0.469. The number of anilines is 1. The summed E-state index contributed by atoms with van der Waals surface area (Å²) >= 11 is 24.6. The Balaban J connectivity index is 1.79. The topological polar surface area (TPSA) is 47.6 Å². The largest absolute Gasteiger partial charge is 0.467 e. The van der Waals surface area contributed by atoms with Crippen LogP contribution >= 0.6 is 58.2 Å². The molecule has 1 amide bonds. The average molecular weight is 453 g/mol. The van der Waals surface area contributed by atoms with Crippen LogP contribution in [0.1, 0.15) is 11.1 Å². The minimum absolute atomic E-state index is 0.211. The molecule has 4 nitrogen and oxygen atoms in total. The molecule has 2 aromatic rings. The Morgan fingerprint density at radius 3 is 2.77 bits per heavy atom. The van der Waals surface area contributed by atoms with Gasteiger partial charge in [0.25, 0.3) is 9.70 Å². The fraction of sp³-hybridized carbons (Fsp3) is 0.235. The third-order valence-corrected chi connectivity index (χ3v) is 5.38. The second-order valence-corrected chi connectivity index (χ2v) is 9.14. The minimum Gasteiger partial charge on any atom is -0.467 e. The standard InChI is InChI=1S/C17H13Cl4NO3S/c18-12-5-10-7-24-9-25-15(10)11(6-12)8-26-14-4-2-1-3-13(14)22-16(23)17(19,20)21/h1-6H,7-9H2,(H,22,23). The maximum atomic E-state index is 11.9. The molecule has 0 spiro atoms. The van der Waals surface area contributed by atoms with Gasteiger partial charge < -0.3 is 14.8 Å². The Morgan fingerprint density at radius 1 is 1.23 bits per heavy atom. The number of hydrogen-bond acceptors (Lipinski definition) is 4. The number of halogens is 4. The van der Waals surface area contributed by atoms with Crippen LogP contribution in [0, 0.1) is 0 Å². The van der Waals surface area contributed by atoms with Crippen LogP contribution in [0.5, 0.6) is 5.75 Å². The Morgan fingerprint density at radius 2 is 2.00 bits per heavy atom. The summed E-state index contributed by atoms with van der Waals surface area (Å²) in [5.74, 6) is 0.663. The molecule has 0 aromatic heterocycles. The molecule has 0 aliphatic carbocycles. The predicted molar refractivity (Wildman–Crippen MR) is 107 cm³/mol. The van der Waals surface area contributed by atoms with Crippen molar-refractivity contribution < 1.29 is 14.3 Å². The first-order valence-electron chi connectivity index (χ1n) is 7.46. The monoisotopic (exact) mass is 451 g/mol. The zero-order valence-corrected chi connectivity index (χ0v) is 17.1. The number of fused-ring (bicyclic) bond motifs is 1. The summed E-state index contributed by atoms with van der Waals surface area (Å²) in [6.07, 6.45) is 0. The number of hydrogen-bond donors (Lipinski definition) is 1. The number of benzene rings is 2. The van der Waals surface area contributed by atoms with Gasteiger partial charge in [0.1, 0.15) is 5.75 Å². The lowest BCUT2D eigenvalue weighted by Gasteiger charge is -2.21. The molecule has 0 saturated carbocycles. The van der Waals surface area contributed by atoms with Gasteiger partial charge in [-0.25, -0.2) is 0 Å². The molecule has 26 heavy (non-hydrogen) atoms. The molecule has 0 atom stereocenters. The Labute approximate surface area is 175 Å². The molecule has 1 heterocycles. The number of carbonyl (C=O) groups is 1. The lowest BCUT2D eigenvalue weighted by atomic mass is 10.1. The number of nitrogens with one attached hydrogen (secondary N) is 1. The van der Waals surface area contributed by atoms with Gasteiger partial charge in [-0.1, -0.05) is 58.5 Å².